The summed E-state index contributed by atoms with van der Waals surface area (Å²) in [7, 11) is 3.82. The van der Waals surface area contributed by atoms with Crippen LogP contribution in [0.25, 0.3) is 11.0 Å². The van der Waals surface area contributed by atoms with Gasteiger partial charge in [-0.15, -0.1) is 0 Å². The number of hydrogen-bond donors (Lipinski definition) is 1. The Morgan fingerprint density at radius 3 is 2.86 bits per heavy atom. The van der Waals surface area contributed by atoms with Gasteiger partial charge in [-0.1, -0.05) is 25.1 Å². The molecule has 0 atom stereocenters. The van der Waals surface area contributed by atoms with E-state index in [-0.39, 0.29) is 0 Å². The molecule has 2 rings (SSSR count). The average Bonchev–Trinajstić information content (AvgIpc) is 2.83. The van der Waals surface area contributed by atoms with Gasteiger partial charge in [0.25, 0.3) is 0 Å². The predicted molar refractivity (Wildman–Crippen MR) is 86.4 cm³/mol. The molecule has 0 bridgehead atoms. The first-order valence-electron chi connectivity index (χ1n) is 7.63. The molecule has 0 unspecified atom stereocenters. The van der Waals surface area contributed by atoms with E-state index in [9.17, 15) is 0 Å². The molecule has 0 spiro atoms. The van der Waals surface area contributed by atoms with E-state index in [2.05, 4.69) is 36.3 Å². The Labute approximate surface area is 127 Å². The van der Waals surface area contributed by atoms with Gasteiger partial charge in [0.2, 0.25) is 0 Å². The summed E-state index contributed by atoms with van der Waals surface area (Å²) in [4.78, 5) is 2.23. The minimum Gasteiger partial charge on any atom is -0.459 e. The number of methoxy groups -OCH3 is 1. The molecule has 0 aliphatic rings. The summed E-state index contributed by atoms with van der Waals surface area (Å²) in [6, 6.07) is 8.27. The zero-order valence-corrected chi connectivity index (χ0v) is 13.3. The number of nitrogens with zero attached hydrogens (tertiary/aromatic N) is 1. The Morgan fingerprint density at radius 2 is 2.10 bits per heavy atom. The van der Waals surface area contributed by atoms with Crippen LogP contribution in [0.2, 0.25) is 0 Å². The number of furan rings is 1. The quantitative estimate of drug-likeness (QED) is 0.720. The number of likely N-dealkylation sites (N-methyl/N-ethyl adjacent to an activating group) is 1. The van der Waals surface area contributed by atoms with Crippen molar-refractivity contribution in [3.05, 3.63) is 35.6 Å². The minimum absolute atomic E-state index is 0.736. The number of hydrogen-bond acceptors (Lipinski definition) is 4. The molecule has 0 saturated carbocycles. The van der Waals surface area contributed by atoms with Crippen LogP contribution < -0.4 is 5.32 Å². The molecular formula is C17H26N2O2. The van der Waals surface area contributed by atoms with Crippen molar-refractivity contribution in [2.75, 3.05) is 33.9 Å². The molecule has 2 aromatic rings. The zero-order chi connectivity index (χ0) is 15.1. The second-order valence-electron chi connectivity index (χ2n) is 5.41. The van der Waals surface area contributed by atoms with Crippen molar-refractivity contribution in [2.45, 2.75) is 26.4 Å². The molecule has 116 valence electrons. The van der Waals surface area contributed by atoms with Crippen LogP contribution in [0.3, 0.4) is 0 Å². The zero-order valence-electron chi connectivity index (χ0n) is 13.3. The van der Waals surface area contributed by atoms with Gasteiger partial charge in [-0.3, -0.25) is 4.90 Å². The lowest BCUT2D eigenvalue weighted by Crippen LogP contribution is -2.23. The number of nitrogens with one attached hydrogen (secondary N) is 1. The lowest BCUT2D eigenvalue weighted by Gasteiger charge is -2.15. The van der Waals surface area contributed by atoms with E-state index in [4.69, 9.17) is 9.15 Å². The van der Waals surface area contributed by atoms with Gasteiger partial charge in [-0.2, -0.15) is 0 Å². The Kier molecular flexibility index (Phi) is 6.23. The first-order valence-corrected chi connectivity index (χ1v) is 7.63. The van der Waals surface area contributed by atoms with Crippen LogP contribution >= 0.6 is 0 Å². The summed E-state index contributed by atoms with van der Waals surface area (Å²) < 4.78 is 11.2. The molecule has 1 aromatic heterocycles. The minimum atomic E-state index is 0.736. The SMILES string of the molecule is CCCNCc1c(CN(C)CCOC)oc2ccccc12. The Bertz CT molecular complexity index is 551. The molecule has 4 nitrogen and oxygen atoms in total. The smallest absolute Gasteiger partial charge is 0.134 e. The van der Waals surface area contributed by atoms with Crippen LogP contribution in [0.5, 0.6) is 0 Å². The van der Waals surface area contributed by atoms with Crippen LogP contribution in [-0.2, 0) is 17.8 Å². The van der Waals surface area contributed by atoms with Gasteiger partial charge < -0.3 is 14.5 Å². The standard InChI is InChI=1S/C17H26N2O2/c1-4-9-18-12-15-14-7-5-6-8-16(14)21-17(15)13-19(2)10-11-20-3/h5-8,18H,4,9-13H2,1-3H3. The highest BCUT2D eigenvalue weighted by molar-refractivity contribution is 5.82. The molecule has 21 heavy (non-hydrogen) atoms. The van der Waals surface area contributed by atoms with Gasteiger partial charge in [0.15, 0.2) is 0 Å². The third kappa shape index (κ3) is 4.30. The van der Waals surface area contributed by atoms with Gasteiger partial charge >= 0.3 is 0 Å². The van der Waals surface area contributed by atoms with E-state index in [1.807, 2.05) is 12.1 Å². The highest BCUT2D eigenvalue weighted by Crippen LogP contribution is 2.26. The molecule has 0 amide bonds. The van der Waals surface area contributed by atoms with Crippen molar-refractivity contribution in [1.82, 2.24) is 10.2 Å². The highest BCUT2D eigenvalue weighted by Gasteiger charge is 2.14. The monoisotopic (exact) mass is 290 g/mol. The molecule has 0 aliphatic carbocycles. The van der Waals surface area contributed by atoms with Crippen LogP contribution in [0.1, 0.15) is 24.7 Å². The highest BCUT2D eigenvalue weighted by atomic mass is 16.5. The first-order chi connectivity index (χ1) is 10.3. The lowest BCUT2D eigenvalue weighted by atomic mass is 10.1. The second-order valence-corrected chi connectivity index (χ2v) is 5.41. The van der Waals surface area contributed by atoms with Crippen molar-refractivity contribution in [2.24, 2.45) is 0 Å². The van der Waals surface area contributed by atoms with Crippen LogP contribution in [0.4, 0.5) is 0 Å². The normalized spacial score (nSPS) is 11.6. The summed E-state index contributed by atoms with van der Waals surface area (Å²) in [5.74, 6) is 1.05. The Morgan fingerprint density at radius 1 is 1.29 bits per heavy atom. The topological polar surface area (TPSA) is 37.6 Å². The largest absolute Gasteiger partial charge is 0.459 e. The van der Waals surface area contributed by atoms with Gasteiger partial charge in [0.05, 0.1) is 13.2 Å². The predicted octanol–water partition coefficient (Wildman–Crippen LogP) is 3.01. The van der Waals surface area contributed by atoms with E-state index < -0.39 is 0 Å². The van der Waals surface area contributed by atoms with Gasteiger partial charge in [0.1, 0.15) is 11.3 Å². The molecule has 0 fully saturated rings. The fraction of sp³-hybridized carbons (Fsp3) is 0.529. The van der Waals surface area contributed by atoms with E-state index in [1.165, 1.54) is 10.9 Å². The van der Waals surface area contributed by atoms with Crippen LogP contribution in [0, 0.1) is 0 Å². The van der Waals surface area contributed by atoms with E-state index >= 15 is 0 Å². The number of ether oxygens (including phenoxy) is 1. The van der Waals surface area contributed by atoms with Crippen LogP contribution in [-0.4, -0.2) is 38.8 Å². The lowest BCUT2D eigenvalue weighted by molar-refractivity contribution is 0.155. The summed E-state index contributed by atoms with van der Waals surface area (Å²) >= 11 is 0. The van der Waals surface area contributed by atoms with Crippen molar-refractivity contribution in [3.63, 3.8) is 0 Å². The maximum absolute atomic E-state index is 6.06. The first kappa shape index (κ1) is 16.0. The number of benzene rings is 1. The van der Waals surface area contributed by atoms with Crippen LogP contribution in [0.15, 0.2) is 28.7 Å². The van der Waals surface area contributed by atoms with Crippen molar-refractivity contribution < 1.29 is 9.15 Å². The summed E-state index contributed by atoms with van der Waals surface area (Å²) in [6.07, 6.45) is 1.14. The summed E-state index contributed by atoms with van der Waals surface area (Å²) in [6.45, 7) is 6.51. The van der Waals surface area contributed by atoms with E-state index in [0.717, 1.165) is 50.5 Å². The van der Waals surface area contributed by atoms with Gasteiger partial charge in [-0.25, -0.2) is 0 Å². The number of fused-ring (bicyclic) bond motifs is 1. The molecule has 1 N–H and O–H groups in total. The molecule has 1 heterocycles. The van der Waals surface area contributed by atoms with Crippen molar-refractivity contribution in [3.8, 4) is 0 Å². The van der Waals surface area contributed by atoms with Crippen molar-refractivity contribution >= 4 is 11.0 Å². The molecule has 1 aromatic carbocycles. The molecule has 4 heteroatoms. The third-order valence-corrected chi connectivity index (χ3v) is 3.60. The maximum atomic E-state index is 6.06. The Hall–Kier alpha value is -1.36. The van der Waals surface area contributed by atoms with Gasteiger partial charge in [0, 0.05) is 31.1 Å². The fourth-order valence-electron chi connectivity index (χ4n) is 2.43. The average molecular weight is 290 g/mol. The van der Waals surface area contributed by atoms with E-state index in [1.54, 1.807) is 7.11 Å². The Balaban J connectivity index is 2.17. The maximum Gasteiger partial charge on any atom is 0.134 e. The molecular weight excluding hydrogens is 264 g/mol. The number of para-hydroxylation sites is 1. The van der Waals surface area contributed by atoms with Gasteiger partial charge in [-0.05, 0) is 26.1 Å². The fourth-order valence-corrected chi connectivity index (χ4v) is 2.43. The third-order valence-electron chi connectivity index (χ3n) is 3.60. The second kappa shape index (κ2) is 8.17. The molecule has 0 radical (unpaired) electrons. The molecule has 0 saturated heterocycles. The molecule has 0 aliphatic heterocycles. The summed E-state index contributed by atoms with van der Waals surface area (Å²) in [5.41, 5.74) is 2.25. The summed E-state index contributed by atoms with van der Waals surface area (Å²) in [5, 5.41) is 4.70. The number of rotatable bonds is 9. The van der Waals surface area contributed by atoms with E-state index in [0.29, 0.717) is 0 Å². The van der Waals surface area contributed by atoms with Crippen molar-refractivity contribution in [1.29, 1.82) is 0 Å².